The Morgan fingerprint density at radius 1 is 1.00 bits per heavy atom. The highest BCUT2D eigenvalue weighted by molar-refractivity contribution is 5.50. The van der Waals surface area contributed by atoms with Crippen molar-refractivity contribution in [1.29, 1.82) is 0 Å². The third-order valence-corrected chi connectivity index (χ3v) is 3.71. The van der Waals surface area contributed by atoms with E-state index in [2.05, 4.69) is 23.1 Å². The number of anilines is 1. The highest BCUT2D eigenvalue weighted by Gasteiger charge is 2.11. The zero-order chi connectivity index (χ0) is 15.6. The molecule has 0 atom stereocenters. The lowest BCUT2D eigenvalue weighted by molar-refractivity contribution is 0.0124. The SMILES string of the molecule is CC(C)OCCOCCOc1cccc(N2CCCCC2)c1. The first-order valence-corrected chi connectivity index (χ1v) is 8.43. The maximum Gasteiger partial charge on any atom is 0.121 e. The van der Waals surface area contributed by atoms with Crippen LogP contribution in [0.3, 0.4) is 0 Å². The fourth-order valence-electron chi connectivity index (χ4n) is 2.59. The average molecular weight is 307 g/mol. The monoisotopic (exact) mass is 307 g/mol. The summed E-state index contributed by atoms with van der Waals surface area (Å²) in [5, 5.41) is 0. The standard InChI is InChI=1S/C18H29NO3/c1-16(2)21-13-11-20-12-14-22-18-8-6-7-17(15-18)19-9-4-3-5-10-19/h6-8,15-16H,3-5,9-14H2,1-2H3. The van der Waals surface area contributed by atoms with E-state index in [9.17, 15) is 0 Å². The van der Waals surface area contributed by atoms with Crippen molar-refractivity contribution in [2.45, 2.75) is 39.2 Å². The van der Waals surface area contributed by atoms with Crippen LogP contribution in [0.25, 0.3) is 0 Å². The van der Waals surface area contributed by atoms with Crippen molar-refractivity contribution >= 4 is 5.69 Å². The molecule has 22 heavy (non-hydrogen) atoms. The molecule has 1 aromatic carbocycles. The predicted molar refractivity (Wildman–Crippen MR) is 89.9 cm³/mol. The number of benzene rings is 1. The zero-order valence-electron chi connectivity index (χ0n) is 13.9. The van der Waals surface area contributed by atoms with E-state index < -0.39 is 0 Å². The maximum atomic E-state index is 5.77. The number of ether oxygens (including phenoxy) is 3. The van der Waals surface area contributed by atoms with Gasteiger partial charge in [-0.05, 0) is 45.2 Å². The lowest BCUT2D eigenvalue weighted by atomic mass is 10.1. The molecule has 2 rings (SSSR count). The van der Waals surface area contributed by atoms with Gasteiger partial charge in [0.1, 0.15) is 12.4 Å². The van der Waals surface area contributed by atoms with E-state index in [0.29, 0.717) is 26.4 Å². The second kappa shape index (κ2) is 9.70. The van der Waals surface area contributed by atoms with Crippen molar-refractivity contribution in [2.75, 3.05) is 44.4 Å². The molecule has 124 valence electrons. The first-order valence-electron chi connectivity index (χ1n) is 8.43. The summed E-state index contributed by atoms with van der Waals surface area (Å²) in [4.78, 5) is 2.44. The smallest absolute Gasteiger partial charge is 0.121 e. The largest absolute Gasteiger partial charge is 0.491 e. The number of hydrogen-bond acceptors (Lipinski definition) is 4. The summed E-state index contributed by atoms with van der Waals surface area (Å²) in [5.41, 5.74) is 1.27. The molecule has 4 heteroatoms. The molecule has 0 radical (unpaired) electrons. The van der Waals surface area contributed by atoms with Gasteiger partial charge in [0.25, 0.3) is 0 Å². The fourth-order valence-corrected chi connectivity index (χ4v) is 2.59. The molecule has 0 spiro atoms. The average Bonchev–Trinajstić information content (AvgIpc) is 2.55. The van der Waals surface area contributed by atoms with Crippen molar-refractivity contribution in [3.05, 3.63) is 24.3 Å². The molecular weight excluding hydrogens is 278 g/mol. The minimum atomic E-state index is 0.261. The lowest BCUT2D eigenvalue weighted by Gasteiger charge is -2.29. The zero-order valence-corrected chi connectivity index (χ0v) is 13.9. The van der Waals surface area contributed by atoms with Gasteiger partial charge >= 0.3 is 0 Å². The van der Waals surface area contributed by atoms with Gasteiger partial charge in [-0.1, -0.05) is 6.07 Å². The van der Waals surface area contributed by atoms with E-state index in [0.717, 1.165) is 18.8 Å². The molecule has 1 aliphatic rings. The molecule has 0 saturated carbocycles. The van der Waals surface area contributed by atoms with Crippen LogP contribution < -0.4 is 9.64 Å². The minimum Gasteiger partial charge on any atom is -0.491 e. The van der Waals surface area contributed by atoms with Gasteiger partial charge in [-0.15, -0.1) is 0 Å². The first-order chi connectivity index (χ1) is 10.8. The van der Waals surface area contributed by atoms with Crippen LogP contribution in [0.5, 0.6) is 5.75 Å². The van der Waals surface area contributed by atoms with Crippen molar-refractivity contribution in [3.63, 3.8) is 0 Å². The van der Waals surface area contributed by atoms with Gasteiger partial charge in [0.05, 0.1) is 25.9 Å². The topological polar surface area (TPSA) is 30.9 Å². The van der Waals surface area contributed by atoms with E-state index in [1.54, 1.807) is 0 Å². The van der Waals surface area contributed by atoms with Crippen molar-refractivity contribution in [3.8, 4) is 5.75 Å². The number of rotatable bonds is 9. The summed E-state index contributed by atoms with van der Waals surface area (Å²) in [7, 11) is 0. The summed E-state index contributed by atoms with van der Waals surface area (Å²) in [6.45, 7) is 8.79. The fraction of sp³-hybridized carbons (Fsp3) is 0.667. The molecule has 4 nitrogen and oxygen atoms in total. The van der Waals surface area contributed by atoms with Crippen molar-refractivity contribution in [2.24, 2.45) is 0 Å². The van der Waals surface area contributed by atoms with Crippen LogP contribution in [0.4, 0.5) is 5.69 Å². The quantitative estimate of drug-likeness (QED) is 0.653. The van der Waals surface area contributed by atoms with Crippen LogP contribution >= 0.6 is 0 Å². The van der Waals surface area contributed by atoms with Gasteiger partial charge in [-0.25, -0.2) is 0 Å². The van der Waals surface area contributed by atoms with Crippen LogP contribution in [-0.2, 0) is 9.47 Å². The molecule has 1 aliphatic heterocycles. The van der Waals surface area contributed by atoms with Crippen molar-refractivity contribution < 1.29 is 14.2 Å². The van der Waals surface area contributed by atoms with Crippen LogP contribution in [0.1, 0.15) is 33.1 Å². The second-order valence-corrected chi connectivity index (χ2v) is 5.93. The number of piperidine rings is 1. The van der Waals surface area contributed by atoms with Crippen molar-refractivity contribution in [1.82, 2.24) is 0 Å². The number of nitrogens with zero attached hydrogens (tertiary/aromatic N) is 1. The Kier molecular flexibility index (Phi) is 7.54. The summed E-state index contributed by atoms with van der Waals surface area (Å²) >= 11 is 0. The van der Waals surface area contributed by atoms with Gasteiger partial charge in [-0.3, -0.25) is 0 Å². The predicted octanol–water partition coefficient (Wildman–Crippen LogP) is 3.50. The molecule has 0 unspecified atom stereocenters. The third-order valence-electron chi connectivity index (χ3n) is 3.71. The number of hydrogen-bond donors (Lipinski definition) is 0. The Hall–Kier alpha value is -1.26. The third kappa shape index (κ3) is 6.24. The summed E-state index contributed by atoms with van der Waals surface area (Å²) in [5.74, 6) is 0.921. The highest BCUT2D eigenvalue weighted by atomic mass is 16.5. The molecule has 0 N–H and O–H groups in total. The summed E-state index contributed by atoms with van der Waals surface area (Å²) in [6, 6.07) is 8.37. The normalized spacial score (nSPS) is 15.3. The molecule has 0 amide bonds. The Labute approximate surface area is 134 Å². The van der Waals surface area contributed by atoms with E-state index in [1.807, 2.05) is 19.9 Å². The lowest BCUT2D eigenvalue weighted by Crippen LogP contribution is -2.29. The van der Waals surface area contributed by atoms with Gasteiger partial charge in [0.15, 0.2) is 0 Å². The first kappa shape index (κ1) is 17.1. The van der Waals surface area contributed by atoms with Crippen LogP contribution in [0.2, 0.25) is 0 Å². The molecule has 0 bridgehead atoms. The molecule has 0 aliphatic carbocycles. The molecule has 1 saturated heterocycles. The Morgan fingerprint density at radius 3 is 2.55 bits per heavy atom. The molecule has 0 aromatic heterocycles. The Bertz CT molecular complexity index is 417. The maximum absolute atomic E-state index is 5.77. The van der Waals surface area contributed by atoms with Crippen LogP contribution in [-0.4, -0.2) is 45.6 Å². The highest BCUT2D eigenvalue weighted by Crippen LogP contribution is 2.24. The van der Waals surface area contributed by atoms with Gasteiger partial charge in [0.2, 0.25) is 0 Å². The molecule has 1 heterocycles. The molecular formula is C18H29NO3. The van der Waals surface area contributed by atoms with E-state index in [1.165, 1.54) is 24.9 Å². The molecule has 1 aromatic rings. The van der Waals surface area contributed by atoms with Gasteiger partial charge < -0.3 is 19.1 Å². The second-order valence-electron chi connectivity index (χ2n) is 5.93. The van der Waals surface area contributed by atoms with Crippen LogP contribution in [0, 0.1) is 0 Å². The summed E-state index contributed by atoms with van der Waals surface area (Å²) < 4.78 is 16.7. The van der Waals surface area contributed by atoms with E-state index in [4.69, 9.17) is 14.2 Å². The van der Waals surface area contributed by atoms with E-state index >= 15 is 0 Å². The summed E-state index contributed by atoms with van der Waals surface area (Å²) in [6.07, 6.45) is 4.19. The van der Waals surface area contributed by atoms with Gasteiger partial charge in [-0.2, -0.15) is 0 Å². The Balaban J connectivity index is 1.65. The minimum absolute atomic E-state index is 0.261. The van der Waals surface area contributed by atoms with Gasteiger partial charge in [0, 0.05) is 24.8 Å². The van der Waals surface area contributed by atoms with Crippen LogP contribution in [0.15, 0.2) is 24.3 Å². The Morgan fingerprint density at radius 2 is 1.77 bits per heavy atom. The van der Waals surface area contributed by atoms with E-state index in [-0.39, 0.29) is 6.10 Å². The molecule has 1 fully saturated rings.